The number of carbonyl (C=O) groups excluding carboxylic acids is 1. The minimum absolute atomic E-state index is 0.00818. The molecule has 1 amide bonds. The summed E-state index contributed by atoms with van der Waals surface area (Å²) in [6.45, 7) is 4.80. The number of anilines is 1. The van der Waals surface area contributed by atoms with Gasteiger partial charge in [-0.2, -0.15) is 5.10 Å². The summed E-state index contributed by atoms with van der Waals surface area (Å²) in [5, 5.41) is 6.00. The van der Waals surface area contributed by atoms with E-state index in [0.29, 0.717) is 18.8 Å². The molecule has 1 aliphatic rings. The summed E-state index contributed by atoms with van der Waals surface area (Å²) in [6.07, 6.45) is 1.87. The van der Waals surface area contributed by atoms with E-state index in [2.05, 4.69) is 15.0 Å². The molecule has 0 spiro atoms. The van der Waals surface area contributed by atoms with Crippen molar-refractivity contribution in [2.24, 2.45) is 7.05 Å². The fourth-order valence-corrected chi connectivity index (χ4v) is 4.38. The summed E-state index contributed by atoms with van der Waals surface area (Å²) in [7, 11) is 1.83. The molecule has 0 radical (unpaired) electrons. The summed E-state index contributed by atoms with van der Waals surface area (Å²) in [5.41, 5.74) is 2.43. The van der Waals surface area contributed by atoms with Gasteiger partial charge in [-0.25, -0.2) is 4.98 Å². The van der Waals surface area contributed by atoms with E-state index in [4.69, 9.17) is 11.6 Å². The third-order valence-corrected chi connectivity index (χ3v) is 5.70. The highest BCUT2D eigenvalue weighted by molar-refractivity contribution is 7.22. The van der Waals surface area contributed by atoms with Crippen LogP contribution in [0.15, 0.2) is 24.4 Å². The summed E-state index contributed by atoms with van der Waals surface area (Å²) in [4.78, 5) is 21.4. The van der Waals surface area contributed by atoms with Gasteiger partial charge in [0.25, 0.3) is 5.91 Å². The van der Waals surface area contributed by atoms with Crippen molar-refractivity contribution in [2.75, 3.05) is 31.1 Å². The number of thiazole rings is 1. The van der Waals surface area contributed by atoms with Gasteiger partial charge >= 0.3 is 0 Å². The average molecular weight is 376 g/mol. The number of amides is 1. The quantitative estimate of drug-likeness (QED) is 0.691. The highest BCUT2D eigenvalue weighted by Crippen LogP contribution is 2.31. The van der Waals surface area contributed by atoms with Gasteiger partial charge in [-0.1, -0.05) is 22.9 Å². The maximum absolute atomic E-state index is 12.7. The van der Waals surface area contributed by atoms with Crippen LogP contribution < -0.4 is 4.90 Å². The number of fused-ring (bicyclic) bond motifs is 1. The van der Waals surface area contributed by atoms with Crippen LogP contribution in [0.1, 0.15) is 16.1 Å². The van der Waals surface area contributed by atoms with Crippen molar-refractivity contribution < 1.29 is 4.79 Å². The van der Waals surface area contributed by atoms with Gasteiger partial charge in [-0.05, 0) is 25.1 Å². The molecule has 0 N–H and O–H groups in total. The van der Waals surface area contributed by atoms with Crippen molar-refractivity contribution in [3.8, 4) is 0 Å². The second kappa shape index (κ2) is 6.31. The summed E-state index contributed by atoms with van der Waals surface area (Å²) in [6, 6.07) is 5.75. The van der Waals surface area contributed by atoms with Crippen LogP contribution in [-0.4, -0.2) is 51.8 Å². The lowest BCUT2D eigenvalue weighted by molar-refractivity contribution is 0.0739. The number of piperazine rings is 1. The molecule has 0 saturated carbocycles. The zero-order chi connectivity index (χ0) is 17.6. The number of aryl methyl sites for hydroxylation is 2. The van der Waals surface area contributed by atoms with E-state index in [0.717, 1.165) is 39.0 Å². The molecule has 0 aliphatic carbocycles. The van der Waals surface area contributed by atoms with E-state index in [9.17, 15) is 4.79 Å². The lowest BCUT2D eigenvalue weighted by Gasteiger charge is -2.34. The molecule has 2 aromatic heterocycles. The second-order valence-corrected chi connectivity index (χ2v) is 7.67. The molecule has 0 unspecified atom stereocenters. The first-order valence-corrected chi connectivity index (χ1v) is 9.31. The minimum Gasteiger partial charge on any atom is -0.345 e. The Labute approximate surface area is 154 Å². The van der Waals surface area contributed by atoms with E-state index in [1.165, 1.54) is 0 Å². The third-order valence-electron chi connectivity index (χ3n) is 4.39. The first-order valence-electron chi connectivity index (χ1n) is 8.12. The van der Waals surface area contributed by atoms with Crippen LogP contribution in [0.2, 0.25) is 5.02 Å². The van der Waals surface area contributed by atoms with Crippen molar-refractivity contribution in [2.45, 2.75) is 6.92 Å². The SMILES string of the molecule is Cc1cn(C)nc1C(=O)N1CCN(c2nc3ccc(Cl)cc3s2)CC1. The van der Waals surface area contributed by atoms with Gasteiger partial charge in [0.15, 0.2) is 10.8 Å². The van der Waals surface area contributed by atoms with Crippen molar-refractivity contribution >= 4 is 44.2 Å². The number of hydrogen-bond donors (Lipinski definition) is 0. The van der Waals surface area contributed by atoms with E-state index in [1.807, 2.05) is 43.3 Å². The molecule has 1 saturated heterocycles. The van der Waals surface area contributed by atoms with Crippen LogP contribution in [0.25, 0.3) is 10.2 Å². The third kappa shape index (κ3) is 3.09. The van der Waals surface area contributed by atoms with Crippen LogP contribution >= 0.6 is 22.9 Å². The van der Waals surface area contributed by atoms with Gasteiger partial charge in [0.2, 0.25) is 0 Å². The van der Waals surface area contributed by atoms with Crippen LogP contribution in [-0.2, 0) is 7.05 Å². The number of benzene rings is 1. The monoisotopic (exact) mass is 375 g/mol. The van der Waals surface area contributed by atoms with Crippen molar-refractivity contribution in [3.05, 3.63) is 40.7 Å². The molecule has 1 aromatic carbocycles. The summed E-state index contributed by atoms with van der Waals surface area (Å²) < 4.78 is 2.77. The number of aromatic nitrogens is 3. The molecule has 0 bridgehead atoms. The highest BCUT2D eigenvalue weighted by atomic mass is 35.5. The first-order chi connectivity index (χ1) is 12.0. The fourth-order valence-electron chi connectivity index (χ4n) is 3.09. The predicted octanol–water partition coefficient (Wildman–Crippen LogP) is 2.95. The predicted molar refractivity (Wildman–Crippen MR) is 101 cm³/mol. The zero-order valence-electron chi connectivity index (χ0n) is 14.1. The average Bonchev–Trinajstić information content (AvgIpc) is 3.16. The molecule has 4 rings (SSSR count). The molecule has 3 aromatic rings. The maximum atomic E-state index is 12.7. The molecule has 1 fully saturated rings. The largest absolute Gasteiger partial charge is 0.345 e. The first kappa shape index (κ1) is 16.4. The Morgan fingerprint density at radius 2 is 2.00 bits per heavy atom. The van der Waals surface area contributed by atoms with Crippen molar-refractivity contribution in [1.82, 2.24) is 19.7 Å². The lowest BCUT2D eigenvalue weighted by atomic mass is 10.2. The number of rotatable bonds is 2. The number of halogens is 1. The highest BCUT2D eigenvalue weighted by Gasteiger charge is 2.26. The molecule has 8 heteroatoms. The van der Waals surface area contributed by atoms with Gasteiger partial charge in [0.1, 0.15) is 0 Å². The van der Waals surface area contributed by atoms with Crippen molar-refractivity contribution in [3.63, 3.8) is 0 Å². The second-order valence-electron chi connectivity index (χ2n) is 6.22. The molecular weight excluding hydrogens is 358 g/mol. The Hall–Kier alpha value is -2.12. The molecule has 1 aliphatic heterocycles. The van der Waals surface area contributed by atoms with E-state index in [1.54, 1.807) is 16.0 Å². The molecular formula is C17H18ClN5OS. The Kier molecular flexibility index (Phi) is 4.13. The van der Waals surface area contributed by atoms with Crippen LogP contribution in [0.5, 0.6) is 0 Å². The lowest BCUT2D eigenvalue weighted by Crippen LogP contribution is -2.49. The van der Waals surface area contributed by atoms with Gasteiger partial charge in [-0.15, -0.1) is 0 Å². The van der Waals surface area contributed by atoms with Gasteiger partial charge < -0.3 is 9.80 Å². The van der Waals surface area contributed by atoms with Crippen LogP contribution in [0, 0.1) is 6.92 Å². The number of hydrogen-bond acceptors (Lipinski definition) is 5. The normalized spacial score (nSPS) is 15.2. The van der Waals surface area contributed by atoms with Crippen LogP contribution in [0.4, 0.5) is 5.13 Å². The number of nitrogens with zero attached hydrogens (tertiary/aromatic N) is 5. The molecule has 0 atom stereocenters. The van der Waals surface area contributed by atoms with E-state index >= 15 is 0 Å². The van der Waals surface area contributed by atoms with Crippen LogP contribution in [0.3, 0.4) is 0 Å². The summed E-state index contributed by atoms with van der Waals surface area (Å²) in [5.74, 6) is 0.00818. The summed E-state index contributed by atoms with van der Waals surface area (Å²) >= 11 is 7.69. The Bertz CT molecular complexity index is 942. The van der Waals surface area contributed by atoms with Gasteiger partial charge in [0, 0.05) is 50.0 Å². The standard InChI is InChI=1S/C17H18ClN5OS/c1-11-10-21(2)20-15(11)16(24)22-5-7-23(8-6-22)17-19-13-4-3-12(18)9-14(13)25-17/h3-4,9-10H,5-8H2,1-2H3. The Morgan fingerprint density at radius 3 is 2.68 bits per heavy atom. The minimum atomic E-state index is 0.00818. The molecule has 25 heavy (non-hydrogen) atoms. The molecule has 6 nitrogen and oxygen atoms in total. The zero-order valence-corrected chi connectivity index (χ0v) is 15.6. The van der Waals surface area contributed by atoms with E-state index < -0.39 is 0 Å². The molecule has 130 valence electrons. The van der Waals surface area contributed by atoms with E-state index in [-0.39, 0.29) is 5.91 Å². The number of carbonyl (C=O) groups is 1. The topological polar surface area (TPSA) is 54.3 Å². The maximum Gasteiger partial charge on any atom is 0.274 e. The van der Waals surface area contributed by atoms with Crippen molar-refractivity contribution in [1.29, 1.82) is 0 Å². The fraction of sp³-hybridized carbons (Fsp3) is 0.353. The van der Waals surface area contributed by atoms with Gasteiger partial charge in [-0.3, -0.25) is 9.48 Å². The molecule has 3 heterocycles. The Balaban J connectivity index is 1.47. The Morgan fingerprint density at radius 1 is 1.24 bits per heavy atom. The van der Waals surface area contributed by atoms with Gasteiger partial charge in [0.05, 0.1) is 10.2 Å². The smallest absolute Gasteiger partial charge is 0.274 e.